The molecule has 2 aliphatic rings. The minimum absolute atomic E-state index is 0.0306. The second kappa shape index (κ2) is 3.48. The summed E-state index contributed by atoms with van der Waals surface area (Å²) in [5.41, 5.74) is 1.10. The van der Waals surface area contributed by atoms with Crippen LogP contribution in [0.5, 0.6) is 0 Å². The van der Waals surface area contributed by atoms with Crippen molar-refractivity contribution in [3.8, 4) is 0 Å². The summed E-state index contributed by atoms with van der Waals surface area (Å²) in [7, 11) is 0. The number of carbonyl (C=O) groups is 1. The Morgan fingerprint density at radius 3 is 2.77 bits per heavy atom. The Kier molecular flexibility index (Phi) is 2.34. The molecule has 13 heavy (non-hydrogen) atoms. The molecule has 3 heteroatoms. The van der Waals surface area contributed by atoms with E-state index in [9.17, 15) is 4.79 Å². The summed E-state index contributed by atoms with van der Waals surface area (Å²) in [6.45, 7) is 2.01. The molecule has 0 radical (unpaired) electrons. The molecule has 0 saturated heterocycles. The third-order valence-electron chi connectivity index (χ3n) is 2.99. The van der Waals surface area contributed by atoms with Crippen LogP contribution in [0.15, 0.2) is 5.10 Å². The molecule has 0 aromatic rings. The zero-order valence-electron chi connectivity index (χ0n) is 8.07. The number of carbonyl (C=O) groups excluding carboxylic acids is 1. The van der Waals surface area contributed by atoms with Crippen molar-refractivity contribution in [2.75, 3.05) is 0 Å². The fourth-order valence-electron chi connectivity index (χ4n) is 2.34. The Morgan fingerprint density at radius 2 is 2.15 bits per heavy atom. The van der Waals surface area contributed by atoms with Crippen molar-refractivity contribution < 1.29 is 4.79 Å². The number of nitrogens with zero attached hydrogens (tertiary/aromatic N) is 2. The van der Waals surface area contributed by atoms with Crippen LogP contribution in [0.3, 0.4) is 0 Å². The van der Waals surface area contributed by atoms with Gasteiger partial charge in [0.2, 0.25) is 0 Å². The number of aldehydes is 1. The van der Waals surface area contributed by atoms with Crippen molar-refractivity contribution in [3.05, 3.63) is 0 Å². The Hall–Kier alpha value is -0.860. The quantitative estimate of drug-likeness (QED) is 0.604. The minimum atomic E-state index is 0.0306. The summed E-state index contributed by atoms with van der Waals surface area (Å²) in [5, 5.41) is 6.48. The first-order valence-corrected chi connectivity index (χ1v) is 5.09. The molecule has 1 fully saturated rings. The average molecular weight is 180 g/mol. The van der Waals surface area contributed by atoms with Gasteiger partial charge in [-0.2, -0.15) is 5.10 Å². The van der Waals surface area contributed by atoms with Gasteiger partial charge in [0.1, 0.15) is 12.3 Å². The van der Waals surface area contributed by atoms with Crippen LogP contribution in [0, 0.1) is 0 Å². The highest BCUT2D eigenvalue weighted by Crippen LogP contribution is 2.28. The van der Waals surface area contributed by atoms with Crippen LogP contribution in [0.1, 0.15) is 39.0 Å². The Bertz CT molecular complexity index is 231. The molecule has 1 unspecified atom stereocenters. The Labute approximate surface area is 78.8 Å². The summed E-state index contributed by atoms with van der Waals surface area (Å²) in [6, 6.07) is 0.566. The summed E-state index contributed by atoms with van der Waals surface area (Å²) in [4.78, 5) is 10.8. The first-order chi connectivity index (χ1) is 6.31. The predicted octanol–water partition coefficient (Wildman–Crippen LogP) is 1.58. The second-order valence-corrected chi connectivity index (χ2v) is 4.06. The molecular formula is C10H16N2O. The molecule has 1 aliphatic heterocycles. The van der Waals surface area contributed by atoms with Crippen molar-refractivity contribution in [3.63, 3.8) is 0 Å². The molecule has 0 bridgehead atoms. The van der Waals surface area contributed by atoms with E-state index in [-0.39, 0.29) is 6.04 Å². The molecule has 3 nitrogen and oxygen atoms in total. The highest BCUT2D eigenvalue weighted by Gasteiger charge is 2.31. The Balaban J connectivity index is 2.06. The van der Waals surface area contributed by atoms with E-state index in [1.807, 2.05) is 11.9 Å². The standard InChI is InChI=1S/C10H16N2O/c1-8-6-10(7-13)12(11-8)9-4-2-3-5-9/h7,9-10H,2-6H2,1H3. The zero-order valence-corrected chi connectivity index (χ0v) is 8.07. The van der Waals surface area contributed by atoms with Crippen molar-refractivity contribution in [1.82, 2.24) is 5.01 Å². The maximum atomic E-state index is 10.8. The van der Waals surface area contributed by atoms with Gasteiger partial charge in [0.15, 0.2) is 0 Å². The predicted molar refractivity (Wildman–Crippen MR) is 51.7 cm³/mol. The molecule has 0 spiro atoms. The summed E-state index contributed by atoms with van der Waals surface area (Å²) >= 11 is 0. The lowest BCUT2D eigenvalue weighted by molar-refractivity contribution is -0.112. The maximum Gasteiger partial charge on any atom is 0.144 e. The van der Waals surface area contributed by atoms with Crippen LogP contribution >= 0.6 is 0 Å². The first-order valence-electron chi connectivity index (χ1n) is 5.09. The third-order valence-corrected chi connectivity index (χ3v) is 2.99. The summed E-state index contributed by atoms with van der Waals surface area (Å²) in [6.07, 6.45) is 6.88. The summed E-state index contributed by atoms with van der Waals surface area (Å²) < 4.78 is 0. The normalized spacial score (nSPS) is 29.5. The molecule has 0 N–H and O–H groups in total. The number of hydrazone groups is 1. The van der Waals surface area contributed by atoms with E-state index in [1.165, 1.54) is 25.7 Å². The van der Waals surface area contributed by atoms with Crippen LogP contribution < -0.4 is 0 Å². The van der Waals surface area contributed by atoms with E-state index in [0.717, 1.165) is 18.4 Å². The molecular weight excluding hydrogens is 164 g/mol. The van der Waals surface area contributed by atoms with Gasteiger partial charge in [-0.25, -0.2) is 0 Å². The number of hydrogen-bond donors (Lipinski definition) is 0. The lowest BCUT2D eigenvalue weighted by Gasteiger charge is -2.25. The largest absolute Gasteiger partial charge is 0.301 e. The Morgan fingerprint density at radius 1 is 1.46 bits per heavy atom. The number of hydrogen-bond acceptors (Lipinski definition) is 3. The first kappa shape index (κ1) is 8.73. The van der Waals surface area contributed by atoms with Gasteiger partial charge < -0.3 is 4.79 Å². The molecule has 0 aromatic carbocycles. The van der Waals surface area contributed by atoms with Gasteiger partial charge in [0, 0.05) is 18.2 Å². The smallest absolute Gasteiger partial charge is 0.144 e. The van der Waals surface area contributed by atoms with E-state index in [0.29, 0.717) is 6.04 Å². The van der Waals surface area contributed by atoms with Gasteiger partial charge in [-0.05, 0) is 19.8 Å². The average Bonchev–Trinajstić information content (AvgIpc) is 2.71. The third kappa shape index (κ3) is 1.60. The van der Waals surface area contributed by atoms with Gasteiger partial charge in [0.05, 0.1) is 0 Å². The lowest BCUT2D eigenvalue weighted by atomic mass is 10.1. The van der Waals surface area contributed by atoms with Crippen molar-refractivity contribution >= 4 is 12.0 Å². The molecule has 0 amide bonds. The van der Waals surface area contributed by atoms with Crippen LogP contribution in [-0.4, -0.2) is 29.1 Å². The van der Waals surface area contributed by atoms with E-state index >= 15 is 0 Å². The van der Waals surface area contributed by atoms with Crippen LogP contribution in [-0.2, 0) is 4.79 Å². The molecule has 0 aromatic heterocycles. The highest BCUT2D eigenvalue weighted by atomic mass is 16.1. The van der Waals surface area contributed by atoms with E-state index in [1.54, 1.807) is 0 Å². The van der Waals surface area contributed by atoms with Crippen LogP contribution in [0.25, 0.3) is 0 Å². The summed E-state index contributed by atoms with van der Waals surface area (Å²) in [5.74, 6) is 0. The molecule has 72 valence electrons. The fraction of sp³-hybridized carbons (Fsp3) is 0.800. The molecule has 2 rings (SSSR count). The van der Waals surface area contributed by atoms with Gasteiger partial charge in [0.25, 0.3) is 0 Å². The van der Waals surface area contributed by atoms with Crippen molar-refractivity contribution in [2.24, 2.45) is 5.10 Å². The lowest BCUT2D eigenvalue weighted by Crippen LogP contribution is -2.35. The molecule has 1 heterocycles. The minimum Gasteiger partial charge on any atom is -0.301 e. The van der Waals surface area contributed by atoms with Crippen LogP contribution in [0.4, 0.5) is 0 Å². The molecule has 1 atom stereocenters. The molecule has 1 aliphatic carbocycles. The van der Waals surface area contributed by atoms with E-state index < -0.39 is 0 Å². The number of rotatable bonds is 2. The van der Waals surface area contributed by atoms with Gasteiger partial charge >= 0.3 is 0 Å². The molecule has 1 saturated carbocycles. The SMILES string of the molecule is CC1=NN(C2CCCC2)C(C=O)C1. The van der Waals surface area contributed by atoms with Gasteiger partial charge in [-0.1, -0.05) is 12.8 Å². The second-order valence-electron chi connectivity index (χ2n) is 4.06. The van der Waals surface area contributed by atoms with Crippen LogP contribution in [0.2, 0.25) is 0 Å². The van der Waals surface area contributed by atoms with E-state index in [2.05, 4.69) is 5.10 Å². The van der Waals surface area contributed by atoms with E-state index in [4.69, 9.17) is 0 Å². The fourth-order valence-corrected chi connectivity index (χ4v) is 2.34. The van der Waals surface area contributed by atoms with Crippen molar-refractivity contribution in [1.29, 1.82) is 0 Å². The zero-order chi connectivity index (χ0) is 9.26. The van der Waals surface area contributed by atoms with Gasteiger partial charge in [-0.3, -0.25) is 5.01 Å². The van der Waals surface area contributed by atoms with Gasteiger partial charge in [-0.15, -0.1) is 0 Å². The maximum absolute atomic E-state index is 10.8. The van der Waals surface area contributed by atoms with Crippen molar-refractivity contribution in [2.45, 2.75) is 51.1 Å². The topological polar surface area (TPSA) is 32.7 Å². The monoisotopic (exact) mass is 180 g/mol. The highest BCUT2D eigenvalue weighted by molar-refractivity contribution is 5.87.